The Balaban J connectivity index is 2.07. The minimum atomic E-state index is -0.604. The van der Waals surface area contributed by atoms with Gasteiger partial charge in [-0.3, -0.25) is 9.59 Å². The number of carbonyl (C=O) groups is 2. The molecule has 1 N–H and O–H groups in total. The molecular formula is C15H19NO4. The van der Waals surface area contributed by atoms with Crippen molar-refractivity contribution < 1.29 is 19.1 Å². The molecule has 1 aliphatic rings. The number of methoxy groups -OCH3 is 1. The third kappa shape index (κ3) is 3.50. The molecule has 108 valence electrons. The van der Waals surface area contributed by atoms with Crippen molar-refractivity contribution in [1.82, 2.24) is 5.32 Å². The monoisotopic (exact) mass is 277 g/mol. The maximum Gasteiger partial charge on any atom is 0.260 e. The molecule has 0 bridgehead atoms. The minimum Gasteiger partial charge on any atom is -0.493 e. The van der Waals surface area contributed by atoms with Crippen LogP contribution < -0.4 is 14.8 Å². The van der Waals surface area contributed by atoms with Crippen molar-refractivity contribution in [2.24, 2.45) is 0 Å². The molecule has 1 atom stereocenters. The SMILES string of the molecule is COc1cc(C(C)=O)ccc1O[C@@H](C)C(=O)NC1CC1. The van der Waals surface area contributed by atoms with Crippen LogP contribution in [0.25, 0.3) is 0 Å². The van der Waals surface area contributed by atoms with Gasteiger partial charge in [0.15, 0.2) is 23.4 Å². The van der Waals surface area contributed by atoms with E-state index in [-0.39, 0.29) is 11.7 Å². The van der Waals surface area contributed by atoms with E-state index < -0.39 is 6.10 Å². The number of nitrogens with one attached hydrogen (secondary N) is 1. The van der Waals surface area contributed by atoms with Gasteiger partial charge in [0, 0.05) is 11.6 Å². The van der Waals surface area contributed by atoms with Gasteiger partial charge in [-0.1, -0.05) is 0 Å². The summed E-state index contributed by atoms with van der Waals surface area (Å²) in [5, 5.41) is 2.88. The molecule has 1 aliphatic carbocycles. The first kappa shape index (κ1) is 14.4. The van der Waals surface area contributed by atoms with Crippen LogP contribution >= 0.6 is 0 Å². The summed E-state index contributed by atoms with van der Waals surface area (Å²) in [6, 6.07) is 5.22. The zero-order valence-electron chi connectivity index (χ0n) is 11.9. The Bertz CT molecular complexity index is 523. The molecule has 0 radical (unpaired) electrons. The summed E-state index contributed by atoms with van der Waals surface area (Å²) in [4.78, 5) is 23.2. The molecule has 1 saturated carbocycles. The van der Waals surface area contributed by atoms with Crippen LogP contribution in [0.1, 0.15) is 37.0 Å². The molecule has 0 heterocycles. The van der Waals surface area contributed by atoms with E-state index in [1.54, 1.807) is 25.1 Å². The zero-order chi connectivity index (χ0) is 14.7. The van der Waals surface area contributed by atoms with Gasteiger partial charge in [0.1, 0.15) is 0 Å². The van der Waals surface area contributed by atoms with Crippen molar-refractivity contribution in [1.29, 1.82) is 0 Å². The first-order chi connectivity index (χ1) is 9.51. The van der Waals surface area contributed by atoms with Gasteiger partial charge in [-0.15, -0.1) is 0 Å². The van der Waals surface area contributed by atoms with Gasteiger partial charge in [-0.25, -0.2) is 0 Å². The highest BCUT2D eigenvalue weighted by molar-refractivity contribution is 5.94. The number of hydrogen-bond donors (Lipinski definition) is 1. The number of hydrogen-bond acceptors (Lipinski definition) is 4. The van der Waals surface area contributed by atoms with Crippen LogP contribution in [0.2, 0.25) is 0 Å². The Morgan fingerprint density at radius 3 is 2.55 bits per heavy atom. The quantitative estimate of drug-likeness (QED) is 0.807. The van der Waals surface area contributed by atoms with Crippen molar-refractivity contribution in [3.63, 3.8) is 0 Å². The van der Waals surface area contributed by atoms with Crippen LogP contribution in [0.3, 0.4) is 0 Å². The molecule has 5 nitrogen and oxygen atoms in total. The van der Waals surface area contributed by atoms with Crippen molar-refractivity contribution >= 4 is 11.7 Å². The number of Topliss-reactive ketones (excluding diaryl/α,β-unsaturated/α-hetero) is 1. The number of carbonyl (C=O) groups excluding carboxylic acids is 2. The molecule has 2 rings (SSSR count). The second-order valence-corrected chi connectivity index (χ2v) is 4.96. The van der Waals surface area contributed by atoms with E-state index in [2.05, 4.69) is 5.32 Å². The Hall–Kier alpha value is -2.04. The maximum atomic E-state index is 11.8. The number of benzene rings is 1. The molecule has 0 unspecified atom stereocenters. The lowest BCUT2D eigenvalue weighted by Crippen LogP contribution is -2.37. The van der Waals surface area contributed by atoms with Crippen LogP contribution in [-0.4, -0.2) is 30.9 Å². The van der Waals surface area contributed by atoms with Crippen LogP contribution in [0, 0.1) is 0 Å². The third-order valence-electron chi connectivity index (χ3n) is 3.17. The van der Waals surface area contributed by atoms with Gasteiger partial charge in [-0.05, 0) is 44.9 Å². The fourth-order valence-corrected chi connectivity index (χ4v) is 1.77. The third-order valence-corrected chi connectivity index (χ3v) is 3.17. The highest BCUT2D eigenvalue weighted by Crippen LogP contribution is 2.29. The van der Waals surface area contributed by atoms with Crippen molar-refractivity contribution in [3.8, 4) is 11.5 Å². The van der Waals surface area contributed by atoms with Gasteiger partial charge >= 0.3 is 0 Å². The Morgan fingerprint density at radius 1 is 1.30 bits per heavy atom. The lowest BCUT2D eigenvalue weighted by Gasteiger charge is -2.17. The summed E-state index contributed by atoms with van der Waals surface area (Å²) in [7, 11) is 1.50. The van der Waals surface area contributed by atoms with Crippen LogP contribution in [0.15, 0.2) is 18.2 Å². The van der Waals surface area contributed by atoms with E-state index in [0.717, 1.165) is 12.8 Å². The maximum absolute atomic E-state index is 11.8. The van der Waals surface area contributed by atoms with Crippen LogP contribution in [0.5, 0.6) is 11.5 Å². The zero-order valence-corrected chi connectivity index (χ0v) is 11.9. The molecule has 0 saturated heterocycles. The fourth-order valence-electron chi connectivity index (χ4n) is 1.77. The lowest BCUT2D eigenvalue weighted by molar-refractivity contribution is -0.127. The normalized spacial score (nSPS) is 15.3. The second kappa shape index (κ2) is 5.94. The molecule has 0 spiro atoms. The van der Waals surface area contributed by atoms with E-state index in [1.165, 1.54) is 14.0 Å². The molecule has 1 aromatic rings. The average Bonchev–Trinajstić information content (AvgIpc) is 3.22. The molecule has 0 aromatic heterocycles. The van der Waals surface area contributed by atoms with Gasteiger partial charge < -0.3 is 14.8 Å². The summed E-state index contributed by atoms with van der Waals surface area (Å²) in [5.74, 6) is 0.722. The van der Waals surface area contributed by atoms with Gasteiger partial charge in [0.25, 0.3) is 5.91 Å². The number of rotatable bonds is 6. The topological polar surface area (TPSA) is 64.6 Å². The summed E-state index contributed by atoms with van der Waals surface area (Å²) in [5.41, 5.74) is 0.546. The van der Waals surface area contributed by atoms with E-state index in [1.807, 2.05) is 0 Å². The summed E-state index contributed by atoms with van der Waals surface area (Å²) < 4.78 is 10.8. The largest absolute Gasteiger partial charge is 0.493 e. The lowest BCUT2D eigenvalue weighted by atomic mass is 10.1. The van der Waals surface area contributed by atoms with Crippen molar-refractivity contribution in [3.05, 3.63) is 23.8 Å². The first-order valence-corrected chi connectivity index (χ1v) is 6.67. The first-order valence-electron chi connectivity index (χ1n) is 6.67. The highest BCUT2D eigenvalue weighted by atomic mass is 16.5. The smallest absolute Gasteiger partial charge is 0.260 e. The molecule has 1 fully saturated rings. The fraction of sp³-hybridized carbons (Fsp3) is 0.467. The molecule has 0 aliphatic heterocycles. The molecule has 20 heavy (non-hydrogen) atoms. The van der Waals surface area contributed by atoms with E-state index in [0.29, 0.717) is 23.1 Å². The van der Waals surface area contributed by atoms with Gasteiger partial charge in [0.05, 0.1) is 7.11 Å². The number of ether oxygens (including phenoxy) is 2. The van der Waals surface area contributed by atoms with Gasteiger partial charge in [0.2, 0.25) is 0 Å². The van der Waals surface area contributed by atoms with Gasteiger partial charge in [-0.2, -0.15) is 0 Å². The minimum absolute atomic E-state index is 0.0469. The number of ketones is 1. The summed E-state index contributed by atoms with van der Waals surface area (Å²) >= 11 is 0. The average molecular weight is 277 g/mol. The molecule has 1 amide bonds. The van der Waals surface area contributed by atoms with Crippen molar-refractivity contribution in [2.45, 2.75) is 38.8 Å². The summed E-state index contributed by atoms with van der Waals surface area (Å²) in [6.45, 7) is 3.18. The number of amides is 1. The molecular weight excluding hydrogens is 258 g/mol. The van der Waals surface area contributed by atoms with E-state index in [4.69, 9.17) is 9.47 Å². The van der Waals surface area contributed by atoms with Crippen LogP contribution in [0.4, 0.5) is 0 Å². The highest BCUT2D eigenvalue weighted by Gasteiger charge is 2.26. The predicted molar refractivity (Wildman–Crippen MR) is 74.3 cm³/mol. The Kier molecular flexibility index (Phi) is 4.27. The second-order valence-electron chi connectivity index (χ2n) is 4.96. The Morgan fingerprint density at radius 2 is 2.00 bits per heavy atom. The van der Waals surface area contributed by atoms with Crippen LogP contribution in [-0.2, 0) is 4.79 Å². The summed E-state index contributed by atoms with van der Waals surface area (Å²) in [6.07, 6.45) is 1.47. The predicted octanol–water partition coefficient (Wildman–Crippen LogP) is 1.94. The molecule has 5 heteroatoms. The van der Waals surface area contributed by atoms with Crippen molar-refractivity contribution in [2.75, 3.05) is 7.11 Å². The van der Waals surface area contributed by atoms with E-state index in [9.17, 15) is 9.59 Å². The molecule has 1 aromatic carbocycles. The standard InChI is InChI=1S/C15H19NO4/c1-9(17)11-4-7-13(14(8-11)19-3)20-10(2)15(18)16-12-5-6-12/h4,7-8,10,12H,5-6H2,1-3H3,(H,16,18)/t10-/m0/s1. The Labute approximate surface area is 118 Å². The van der Waals surface area contributed by atoms with E-state index >= 15 is 0 Å².